The normalized spacial score (nSPS) is 11.5. The van der Waals surface area contributed by atoms with Gasteiger partial charge in [0.15, 0.2) is 5.82 Å². The lowest BCUT2D eigenvalue weighted by Gasteiger charge is -2.10. The van der Waals surface area contributed by atoms with Crippen LogP contribution in [-0.4, -0.2) is 14.4 Å². The van der Waals surface area contributed by atoms with E-state index < -0.39 is 0 Å². The summed E-state index contributed by atoms with van der Waals surface area (Å²) in [5.74, 6) is 0.728. The minimum absolute atomic E-state index is 0.728. The van der Waals surface area contributed by atoms with Gasteiger partial charge in [-0.3, -0.25) is 4.40 Å². The van der Waals surface area contributed by atoms with Crippen molar-refractivity contribution in [3.8, 4) is 45.0 Å². The summed E-state index contributed by atoms with van der Waals surface area (Å²) >= 11 is 1.85. The van der Waals surface area contributed by atoms with Crippen molar-refractivity contribution in [2.24, 2.45) is 0 Å². The van der Waals surface area contributed by atoms with E-state index in [-0.39, 0.29) is 0 Å². The number of para-hydroxylation sites is 2. The number of thiazole rings is 1. The van der Waals surface area contributed by atoms with E-state index >= 15 is 0 Å². The molecule has 0 unspecified atom stereocenters. The molecule has 0 aliphatic rings. The summed E-state index contributed by atoms with van der Waals surface area (Å²) in [5, 5.41) is 1.27. The maximum atomic E-state index is 5.01. The topological polar surface area (TPSA) is 30.2 Å². The van der Waals surface area contributed by atoms with Gasteiger partial charge in [-0.1, -0.05) is 115 Å². The first-order valence-electron chi connectivity index (χ1n) is 13.3. The Balaban J connectivity index is 1.28. The highest BCUT2D eigenvalue weighted by Crippen LogP contribution is 2.42. The predicted octanol–water partition coefficient (Wildman–Crippen LogP) is 9.77. The summed E-state index contributed by atoms with van der Waals surface area (Å²) in [6.45, 7) is 0. The van der Waals surface area contributed by atoms with Gasteiger partial charge in [-0.15, -0.1) is 11.3 Å². The molecule has 0 aliphatic carbocycles. The lowest BCUT2D eigenvalue weighted by atomic mass is 10.0. The van der Waals surface area contributed by atoms with Crippen molar-refractivity contribution in [1.82, 2.24) is 14.4 Å². The van der Waals surface area contributed by atoms with Crippen LogP contribution >= 0.6 is 11.3 Å². The molecule has 40 heavy (non-hydrogen) atoms. The zero-order valence-electron chi connectivity index (χ0n) is 21.5. The largest absolute Gasteiger partial charge is 0.299 e. The van der Waals surface area contributed by atoms with Gasteiger partial charge < -0.3 is 0 Å². The van der Waals surface area contributed by atoms with Crippen LogP contribution in [0.15, 0.2) is 140 Å². The highest BCUT2D eigenvalue weighted by atomic mass is 32.1. The van der Waals surface area contributed by atoms with E-state index in [4.69, 9.17) is 9.97 Å². The SMILES string of the molecule is c1ccc(-c2cc(-c3ccc(-c4c5ccccc5n5c4sc4ccccc45)cc3)nc(-c3ccccc3)n2)cc1. The number of nitrogens with zero attached hydrogens (tertiary/aromatic N) is 3. The Kier molecular flexibility index (Phi) is 5.32. The van der Waals surface area contributed by atoms with Gasteiger partial charge >= 0.3 is 0 Å². The van der Waals surface area contributed by atoms with E-state index in [1.165, 1.54) is 37.1 Å². The summed E-state index contributed by atoms with van der Waals surface area (Å²) in [5.41, 5.74) is 9.95. The third-order valence-electron chi connectivity index (χ3n) is 7.44. The van der Waals surface area contributed by atoms with E-state index in [1.54, 1.807) is 0 Å². The molecule has 0 N–H and O–H groups in total. The minimum atomic E-state index is 0.728. The Hall–Kier alpha value is -5.06. The first-order valence-corrected chi connectivity index (χ1v) is 14.2. The van der Waals surface area contributed by atoms with Crippen LogP contribution < -0.4 is 0 Å². The molecule has 0 atom stereocenters. The minimum Gasteiger partial charge on any atom is -0.299 e. The Morgan fingerprint density at radius 2 is 1.02 bits per heavy atom. The number of hydrogen-bond donors (Lipinski definition) is 0. The van der Waals surface area contributed by atoms with Crippen molar-refractivity contribution in [3.05, 3.63) is 140 Å². The quantitative estimate of drug-likeness (QED) is 0.227. The van der Waals surface area contributed by atoms with Crippen molar-refractivity contribution >= 4 is 37.3 Å². The molecule has 0 amide bonds. The van der Waals surface area contributed by atoms with E-state index in [2.05, 4.69) is 108 Å². The van der Waals surface area contributed by atoms with E-state index in [0.717, 1.165) is 33.9 Å². The first-order chi connectivity index (χ1) is 19.8. The molecule has 0 bridgehead atoms. The second-order valence-corrected chi connectivity index (χ2v) is 10.9. The summed E-state index contributed by atoms with van der Waals surface area (Å²) < 4.78 is 3.70. The van der Waals surface area contributed by atoms with Gasteiger partial charge in [0.05, 0.1) is 27.1 Å². The monoisotopic (exact) mass is 529 g/mol. The van der Waals surface area contributed by atoms with Crippen LogP contribution in [-0.2, 0) is 0 Å². The molecule has 0 fully saturated rings. The van der Waals surface area contributed by atoms with Crippen molar-refractivity contribution in [2.75, 3.05) is 0 Å². The third kappa shape index (κ3) is 3.73. The average molecular weight is 530 g/mol. The fourth-order valence-electron chi connectivity index (χ4n) is 5.54. The van der Waals surface area contributed by atoms with Crippen molar-refractivity contribution in [2.45, 2.75) is 0 Å². The van der Waals surface area contributed by atoms with Gasteiger partial charge in [0.1, 0.15) is 4.83 Å². The van der Waals surface area contributed by atoms with Gasteiger partial charge in [-0.05, 0) is 29.8 Å². The molecule has 0 aliphatic heterocycles. The van der Waals surface area contributed by atoms with Crippen LogP contribution in [0.1, 0.15) is 0 Å². The molecule has 0 saturated carbocycles. The number of fused-ring (bicyclic) bond motifs is 5. The Bertz CT molecular complexity index is 2080. The molecule has 3 heterocycles. The molecule has 8 aromatic rings. The summed E-state index contributed by atoms with van der Waals surface area (Å²) in [7, 11) is 0. The van der Waals surface area contributed by atoms with Crippen LogP contribution in [0.2, 0.25) is 0 Å². The fraction of sp³-hybridized carbons (Fsp3) is 0. The molecule has 3 nitrogen and oxygen atoms in total. The van der Waals surface area contributed by atoms with Gasteiger partial charge in [0.2, 0.25) is 0 Å². The number of rotatable bonds is 4. The number of aromatic nitrogens is 3. The maximum absolute atomic E-state index is 5.01. The van der Waals surface area contributed by atoms with Gasteiger partial charge in [0.25, 0.3) is 0 Å². The Morgan fingerprint density at radius 3 is 1.75 bits per heavy atom. The highest BCUT2D eigenvalue weighted by molar-refractivity contribution is 7.24. The maximum Gasteiger partial charge on any atom is 0.160 e. The third-order valence-corrected chi connectivity index (χ3v) is 8.59. The zero-order chi connectivity index (χ0) is 26.5. The van der Waals surface area contributed by atoms with E-state index in [1.807, 2.05) is 47.7 Å². The van der Waals surface area contributed by atoms with Crippen LogP contribution in [0.4, 0.5) is 0 Å². The second-order valence-electron chi connectivity index (χ2n) is 9.87. The molecular weight excluding hydrogens is 506 g/mol. The molecule has 0 radical (unpaired) electrons. The Morgan fingerprint density at radius 1 is 0.475 bits per heavy atom. The van der Waals surface area contributed by atoms with Crippen LogP contribution in [0.25, 0.3) is 71.0 Å². The predicted molar refractivity (Wildman–Crippen MR) is 168 cm³/mol. The fourth-order valence-corrected chi connectivity index (χ4v) is 6.78. The molecule has 3 aromatic heterocycles. The zero-order valence-corrected chi connectivity index (χ0v) is 22.3. The first kappa shape index (κ1) is 22.9. The smallest absolute Gasteiger partial charge is 0.160 e. The lowest BCUT2D eigenvalue weighted by molar-refractivity contribution is 1.18. The van der Waals surface area contributed by atoms with E-state index in [9.17, 15) is 0 Å². The van der Waals surface area contributed by atoms with Crippen molar-refractivity contribution < 1.29 is 0 Å². The summed E-state index contributed by atoms with van der Waals surface area (Å²) in [6, 6.07) is 48.8. The summed E-state index contributed by atoms with van der Waals surface area (Å²) in [4.78, 5) is 11.2. The molecule has 8 rings (SSSR count). The lowest BCUT2D eigenvalue weighted by Crippen LogP contribution is -1.95. The molecular formula is C36H23N3S. The molecule has 0 saturated heterocycles. The van der Waals surface area contributed by atoms with Gasteiger partial charge in [-0.25, -0.2) is 9.97 Å². The van der Waals surface area contributed by atoms with Crippen LogP contribution in [0.3, 0.4) is 0 Å². The molecule has 0 spiro atoms. The average Bonchev–Trinajstić information content (AvgIpc) is 3.56. The second kappa shape index (κ2) is 9.30. The van der Waals surface area contributed by atoms with Crippen molar-refractivity contribution in [1.29, 1.82) is 0 Å². The number of benzene rings is 5. The van der Waals surface area contributed by atoms with Crippen LogP contribution in [0, 0.1) is 0 Å². The van der Waals surface area contributed by atoms with Crippen molar-refractivity contribution in [3.63, 3.8) is 0 Å². The highest BCUT2D eigenvalue weighted by Gasteiger charge is 2.18. The summed E-state index contributed by atoms with van der Waals surface area (Å²) in [6.07, 6.45) is 0. The van der Waals surface area contributed by atoms with E-state index in [0.29, 0.717) is 0 Å². The van der Waals surface area contributed by atoms with Gasteiger partial charge in [0, 0.05) is 27.6 Å². The number of hydrogen-bond acceptors (Lipinski definition) is 3. The van der Waals surface area contributed by atoms with Gasteiger partial charge in [-0.2, -0.15) is 0 Å². The molecule has 5 aromatic carbocycles. The standard InChI is InChI=1S/C36H23N3S/c1-3-11-24(12-4-1)29-23-30(38-35(37-29)27-13-5-2-6-14-27)25-19-21-26(22-20-25)34-28-15-7-8-16-31(28)39-32-17-9-10-18-33(32)40-36(34)39/h1-23H. The Labute approximate surface area is 235 Å². The molecule has 188 valence electrons. The van der Waals surface area contributed by atoms with Crippen LogP contribution in [0.5, 0.6) is 0 Å². The molecule has 4 heteroatoms.